The zero-order valence-corrected chi connectivity index (χ0v) is 16.9. The molecule has 0 aliphatic carbocycles. The number of amides is 1. The molecule has 2 aromatic carbocycles. The third kappa shape index (κ3) is 4.55. The van der Waals surface area contributed by atoms with Crippen LogP contribution in [-0.4, -0.2) is 22.4 Å². The van der Waals surface area contributed by atoms with Crippen LogP contribution in [0.15, 0.2) is 54.6 Å². The van der Waals surface area contributed by atoms with Crippen LogP contribution in [0.4, 0.5) is 11.5 Å². The first-order valence-corrected chi connectivity index (χ1v) is 9.50. The van der Waals surface area contributed by atoms with Gasteiger partial charge >= 0.3 is 0 Å². The highest BCUT2D eigenvalue weighted by Crippen LogP contribution is 2.24. The van der Waals surface area contributed by atoms with Gasteiger partial charge < -0.3 is 10.2 Å². The first kappa shape index (κ1) is 19.5. The van der Waals surface area contributed by atoms with Crippen LogP contribution in [-0.2, 0) is 6.54 Å². The largest absolute Gasteiger partial charge is 0.347 e. The van der Waals surface area contributed by atoms with E-state index in [2.05, 4.69) is 46.2 Å². The molecule has 3 rings (SSSR count). The van der Waals surface area contributed by atoms with Crippen LogP contribution >= 0.6 is 0 Å². The number of aryl methyl sites for hydroxylation is 3. The molecule has 28 heavy (non-hydrogen) atoms. The predicted octanol–water partition coefficient (Wildman–Crippen LogP) is 4.49. The van der Waals surface area contributed by atoms with E-state index in [4.69, 9.17) is 0 Å². The Hall–Kier alpha value is -3.21. The summed E-state index contributed by atoms with van der Waals surface area (Å²) in [5.74, 6) is 1.10. The highest BCUT2D eigenvalue weighted by molar-refractivity contribution is 5.93. The SMILES string of the molecule is CCN(c1cccc(C)c1)c1cc(C(=O)NCc2ccccc2C)nc(C)n1. The average molecular weight is 374 g/mol. The number of hydrogen-bond donors (Lipinski definition) is 1. The van der Waals surface area contributed by atoms with Gasteiger partial charge in [0.2, 0.25) is 0 Å². The van der Waals surface area contributed by atoms with Gasteiger partial charge in [0, 0.05) is 24.8 Å². The topological polar surface area (TPSA) is 58.1 Å². The molecule has 0 atom stereocenters. The van der Waals surface area contributed by atoms with Crippen LogP contribution in [0.5, 0.6) is 0 Å². The zero-order chi connectivity index (χ0) is 20.1. The van der Waals surface area contributed by atoms with Crippen LogP contribution in [0.1, 0.15) is 39.9 Å². The molecule has 144 valence electrons. The maximum absolute atomic E-state index is 12.7. The average Bonchev–Trinajstić information content (AvgIpc) is 2.67. The highest BCUT2D eigenvalue weighted by Gasteiger charge is 2.15. The third-order valence-electron chi connectivity index (χ3n) is 4.66. The molecule has 1 aromatic heterocycles. The summed E-state index contributed by atoms with van der Waals surface area (Å²) in [6, 6.07) is 18.0. The fourth-order valence-corrected chi connectivity index (χ4v) is 3.15. The fraction of sp³-hybridized carbons (Fsp3) is 0.261. The molecule has 0 saturated carbocycles. The van der Waals surface area contributed by atoms with Gasteiger partial charge in [-0.3, -0.25) is 4.79 Å². The van der Waals surface area contributed by atoms with E-state index in [9.17, 15) is 4.79 Å². The Morgan fingerprint density at radius 1 is 1.00 bits per heavy atom. The Balaban J connectivity index is 1.84. The first-order valence-electron chi connectivity index (χ1n) is 9.50. The molecular weight excluding hydrogens is 348 g/mol. The number of carbonyl (C=O) groups excluding carboxylic acids is 1. The maximum Gasteiger partial charge on any atom is 0.270 e. The lowest BCUT2D eigenvalue weighted by Gasteiger charge is -2.23. The minimum atomic E-state index is -0.199. The molecule has 1 N–H and O–H groups in total. The monoisotopic (exact) mass is 374 g/mol. The Bertz CT molecular complexity index is 984. The molecule has 0 unspecified atom stereocenters. The smallest absolute Gasteiger partial charge is 0.270 e. The van der Waals surface area contributed by atoms with E-state index >= 15 is 0 Å². The number of nitrogens with zero attached hydrogens (tertiary/aromatic N) is 3. The van der Waals surface area contributed by atoms with Crippen LogP contribution in [0.2, 0.25) is 0 Å². The van der Waals surface area contributed by atoms with Gasteiger partial charge in [-0.15, -0.1) is 0 Å². The molecule has 5 nitrogen and oxygen atoms in total. The summed E-state index contributed by atoms with van der Waals surface area (Å²) in [6.45, 7) is 9.19. The summed E-state index contributed by atoms with van der Waals surface area (Å²) in [4.78, 5) is 23.7. The van der Waals surface area contributed by atoms with Crippen molar-refractivity contribution in [2.75, 3.05) is 11.4 Å². The number of hydrogen-bond acceptors (Lipinski definition) is 4. The van der Waals surface area contributed by atoms with E-state index in [1.54, 1.807) is 6.07 Å². The van der Waals surface area contributed by atoms with E-state index in [0.717, 1.165) is 29.2 Å². The molecule has 0 saturated heterocycles. The lowest BCUT2D eigenvalue weighted by molar-refractivity contribution is 0.0945. The zero-order valence-electron chi connectivity index (χ0n) is 16.9. The van der Waals surface area contributed by atoms with Gasteiger partial charge in [0.15, 0.2) is 0 Å². The molecule has 0 spiro atoms. The molecule has 0 fully saturated rings. The van der Waals surface area contributed by atoms with Crippen molar-refractivity contribution in [2.45, 2.75) is 34.2 Å². The minimum absolute atomic E-state index is 0.199. The standard InChI is InChI=1S/C23H26N4O/c1-5-27(20-12-8-9-16(2)13-20)22-14-21(25-18(4)26-22)23(28)24-15-19-11-7-6-10-17(19)3/h6-14H,5,15H2,1-4H3,(H,24,28). The molecule has 0 aliphatic heterocycles. The quantitative estimate of drug-likeness (QED) is 0.691. The van der Waals surface area contributed by atoms with E-state index in [1.165, 1.54) is 5.56 Å². The van der Waals surface area contributed by atoms with Crippen molar-refractivity contribution in [2.24, 2.45) is 0 Å². The summed E-state index contributed by atoms with van der Waals surface area (Å²) in [7, 11) is 0. The molecule has 0 bridgehead atoms. The van der Waals surface area contributed by atoms with Gasteiger partial charge in [-0.2, -0.15) is 0 Å². The van der Waals surface area contributed by atoms with E-state index < -0.39 is 0 Å². The van der Waals surface area contributed by atoms with Crippen molar-refractivity contribution < 1.29 is 4.79 Å². The fourth-order valence-electron chi connectivity index (χ4n) is 3.15. The molecular formula is C23H26N4O. The lowest BCUT2D eigenvalue weighted by Crippen LogP contribution is -2.26. The lowest BCUT2D eigenvalue weighted by atomic mass is 10.1. The number of nitrogens with one attached hydrogen (secondary N) is 1. The molecule has 0 radical (unpaired) electrons. The number of aromatic nitrogens is 2. The normalized spacial score (nSPS) is 10.6. The molecule has 1 heterocycles. The summed E-state index contributed by atoms with van der Waals surface area (Å²) in [6.07, 6.45) is 0. The van der Waals surface area contributed by atoms with E-state index in [0.29, 0.717) is 18.1 Å². The van der Waals surface area contributed by atoms with E-state index in [1.807, 2.05) is 50.2 Å². The van der Waals surface area contributed by atoms with Crippen molar-refractivity contribution in [3.05, 3.63) is 82.8 Å². The summed E-state index contributed by atoms with van der Waals surface area (Å²) in [5, 5.41) is 2.97. The summed E-state index contributed by atoms with van der Waals surface area (Å²) < 4.78 is 0. The number of carbonyl (C=O) groups is 1. The van der Waals surface area contributed by atoms with Crippen LogP contribution in [0.25, 0.3) is 0 Å². The number of anilines is 2. The van der Waals surface area contributed by atoms with Crippen molar-refractivity contribution >= 4 is 17.4 Å². The van der Waals surface area contributed by atoms with Gasteiger partial charge in [0.1, 0.15) is 17.3 Å². The van der Waals surface area contributed by atoms with Gasteiger partial charge in [-0.05, 0) is 56.5 Å². The second-order valence-electron chi connectivity index (χ2n) is 6.85. The number of benzene rings is 2. The van der Waals surface area contributed by atoms with Gasteiger partial charge in [-0.1, -0.05) is 36.4 Å². The number of rotatable bonds is 6. The van der Waals surface area contributed by atoms with Crippen LogP contribution in [0, 0.1) is 20.8 Å². The summed E-state index contributed by atoms with van der Waals surface area (Å²) >= 11 is 0. The van der Waals surface area contributed by atoms with Gasteiger partial charge in [0.05, 0.1) is 0 Å². The third-order valence-corrected chi connectivity index (χ3v) is 4.66. The van der Waals surface area contributed by atoms with Gasteiger partial charge in [0.25, 0.3) is 5.91 Å². The van der Waals surface area contributed by atoms with Crippen molar-refractivity contribution in [1.82, 2.24) is 15.3 Å². The van der Waals surface area contributed by atoms with Crippen LogP contribution in [0.3, 0.4) is 0 Å². The van der Waals surface area contributed by atoms with Crippen molar-refractivity contribution in [3.8, 4) is 0 Å². The molecule has 0 aliphatic rings. The van der Waals surface area contributed by atoms with Gasteiger partial charge in [-0.25, -0.2) is 9.97 Å². The second-order valence-corrected chi connectivity index (χ2v) is 6.85. The van der Waals surface area contributed by atoms with Crippen molar-refractivity contribution in [1.29, 1.82) is 0 Å². The minimum Gasteiger partial charge on any atom is -0.347 e. The van der Waals surface area contributed by atoms with E-state index in [-0.39, 0.29) is 5.91 Å². The summed E-state index contributed by atoms with van der Waals surface area (Å²) in [5.41, 5.74) is 4.85. The highest BCUT2D eigenvalue weighted by atomic mass is 16.1. The Morgan fingerprint density at radius 3 is 2.50 bits per heavy atom. The Morgan fingerprint density at radius 2 is 1.79 bits per heavy atom. The molecule has 3 aromatic rings. The van der Waals surface area contributed by atoms with Crippen molar-refractivity contribution in [3.63, 3.8) is 0 Å². The maximum atomic E-state index is 12.7. The first-order chi connectivity index (χ1) is 13.5. The van der Waals surface area contributed by atoms with Crippen LogP contribution < -0.4 is 10.2 Å². The Labute approximate surface area is 166 Å². The predicted molar refractivity (Wildman–Crippen MR) is 113 cm³/mol. The second kappa shape index (κ2) is 8.65. The molecule has 1 amide bonds. The Kier molecular flexibility index (Phi) is 6.04. The molecule has 5 heteroatoms.